The molecule has 25 heavy (non-hydrogen) atoms. The summed E-state index contributed by atoms with van der Waals surface area (Å²) in [4.78, 5) is 0.276. The van der Waals surface area contributed by atoms with Crippen LogP contribution in [-0.4, -0.2) is 25.1 Å². The normalized spacial score (nSPS) is 15.2. The van der Waals surface area contributed by atoms with Crippen LogP contribution in [0.25, 0.3) is 10.8 Å². The van der Waals surface area contributed by atoms with Crippen LogP contribution < -0.4 is 0 Å². The maximum Gasteiger partial charge on any atom is 0.279 e. The average Bonchev–Trinajstić information content (AvgIpc) is 2.68. The van der Waals surface area contributed by atoms with E-state index in [0.29, 0.717) is 6.54 Å². The Morgan fingerprint density at radius 3 is 2.36 bits per heavy atom. The fourth-order valence-corrected chi connectivity index (χ4v) is 4.40. The lowest BCUT2D eigenvalue weighted by molar-refractivity contribution is 0.410. The van der Waals surface area contributed by atoms with Crippen molar-refractivity contribution in [3.8, 4) is 0 Å². The fraction of sp³-hybridized carbons (Fsp3) is 0.150. The van der Waals surface area contributed by atoms with E-state index in [9.17, 15) is 8.42 Å². The SMILES string of the molecule is O=S(=O)(c1ccccc1)N1CCCC(c2ccc3ccccc3c2)=N1. The summed E-state index contributed by atoms with van der Waals surface area (Å²) in [5.74, 6) is 0. The van der Waals surface area contributed by atoms with Gasteiger partial charge in [0.15, 0.2) is 0 Å². The Morgan fingerprint density at radius 2 is 1.56 bits per heavy atom. The van der Waals surface area contributed by atoms with Gasteiger partial charge in [-0.15, -0.1) is 0 Å². The number of nitrogens with zero attached hydrogens (tertiary/aromatic N) is 2. The predicted molar refractivity (Wildman–Crippen MR) is 100 cm³/mol. The molecular formula is C20H18N2O2S. The van der Waals surface area contributed by atoms with Gasteiger partial charge in [0.25, 0.3) is 10.0 Å². The second-order valence-corrected chi connectivity index (χ2v) is 7.92. The second kappa shape index (κ2) is 6.33. The molecule has 0 aromatic heterocycles. The third-order valence-corrected chi connectivity index (χ3v) is 6.08. The minimum Gasteiger partial charge on any atom is -0.200 e. The molecule has 0 aliphatic carbocycles. The van der Waals surface area contributed by atoms with Gasteiger partial charge in [0.2, 0.25) is 0 Å². The van der Waals surface area contributed by atoms with E-state index in [4.69, 9.17) is 0 Å². The van der Waals surface area contributed by atoms with Gasteiger partial charge >= 0.3 is 0 Å². The molecule has 0 saturated carbocycles. The number of benzene rings is 3. The Labute approximate surface area is 147 Å². The van der Waals surface area contributed by atoms with Crippen molar-refractivity contribution in [3.63, 3.8) is 0 Å². The maximum absolute atomic E-state index is 12.8. The molecule has 126 valence electrons. The number of sulfonamides is 1. The lowest BCUT2D eigenvalue weighted by Crippen LogP contribution is -2.32. The first kappa shape index (κ1) is 15.8. The molecule has 1 aliphatic heterocycles. The van der Waals surface area contributed by atoms with E-state index in [0.717, 1.165) is 34.9 Å². The van der Waals surface area contributed by atoms with Gasteiger partial charge in [0.1, 0.15) is 0 Å². The number of rotatable bonds is 3. The predicted octanol–water partition coefficient (Wildman–Crippen LogP) is 4.03. The highest BCUT2D eigenvalue weighted by molar-refractivity contribution is 7.89. The van der Waals surface area contributed by atoms with Crippen molar-refractivity contribution in [3.05, 3.63) is 78.4 Å². The molecule has 1 heterocycles. The van der Waals surface area contributed by atoms with Crippen LogP contribution in [0, 0.1) is 0 Å². The second-order valence-electron chi connectivity index (χ2n) is 6.08. The van der Waals surface area contributed by atoms with Gasteiger partial charge in [0.05, 0.1) is 17.2 Å². The first-order valence-corrected chi connectivity index (χ1v) is 9.73. The molecule has 0 saturated heterocycles. The highest BCUT2D eigenvalue weighted by Gasteiger charge is 2.26. The van der Waals surface area contributed by atoms with Crippen LogP contribution in [0.2, 0.25) is 0 Å². The third-order valence-electron chi connectivity index (χ3n) is 4.40. The van der Waals surface area contributed by atoms with Crippen molar-refractivity contribution in [2.75, 3.05) is 6.54 Å². The van der Waals surface area contributed by atoms with Crippen LogP contribution in [0.1, 0.15) is 18.4 Å². The molecule has 0 radical (unpaired) electrons. The summed E-state index contributed by atoms with van der Waals surface area (Å²) in [6.07, 6.45) is 1.54. The molecule has 3 aromatic rings. The summed E-state index contributed by atoms with van der Waals surface area (Å²) in [5.41, 5.74) is 1.79. The first-order valence-electron chi connectivity index (χ1n) is 8.29. The summed E-state index contributed by atoms with van der Waals surface area (Å²) in [7, 11) is -3.60. The number of hydrogen-bond acceptors (Lipinski definition) is 3. The van der Waals surface area contributed by atoms with Gasteiger partial charge in [-0.2, -0.15) is 17.9 Å². The van der Waals surface area contributed by atoms with Gasteiger partial charge in [0, 0.05) is 0 Å². The molecule has 4 rings (SSSR count). The molecule has 0 spiro atoms. The van der Waals surface area contributed by atoms with Crippen molar-refractivity contribution < 1.29 is 8.42 Å². The van der Waals surface area contributed by atoms with Gasteiger partial charge in [-0.1, -0.05) is 54.6 Å². The summed E-state index contributed by atoms with van der Waals surface area (Å²) < 4.78 is 26.8. The molecule has 0 bridgehead atoms. The highest BCUT2D eigenvalue weighted by Crippen LogP contribution is 2.23. The van der Waals surface area contributed by atoms with Crippen LogP contribution in [-0.2, 0) is 10.0 Å². The fourth-order valence-electron chi connectivity index (χ4n) is 3.08. The Balaban J connectivity index is 1.72. The average molecular weight is 350 g/mol. The van der Waals surface area contributed by atoms with E-state index in [-0.39, 0.29) is 4.90 Å². The van der Waals surface area contributed by atoms with Crippen molar-refractivity contribution in [1.29, 1.82) is 0 Å². The van der Waals surface area contributed by atoms with E-state index < -0.39 is 10.0 Å². The Hall–Kier alpha value is -2.66. The Bertz CT molecular complexity index is 1040. The summed E-state index contributed by atoms with van der Waals surface area (Å²) in [5, 5.41) is 6.76. The molecule has 0 fully saturated rings. The van der Waals surface area contributed by atoms with Gasteiger partial charge in [-0.05, 0) is 47.4 Å². The largest absolute Gasteiger partial charge is 0.279 e. The van der Waals surface area contributed by atoms with E-state index >= 15 is 0 Å². The van der Waals surface area contributed by atoms with E-state index in [2.05, 4.69) is 29.4 Å². The minimum absolute atomic E-state index is 0.276. The molecular weight excluding hydrogens is 332 g/mol. The Morgan fingerprint density at radius 1 is 0.840 bits per heavy atom. The zero-order chi connectivity index (χ0) is 17.3. The monoisotopic (exact) mass is 350 g/mol. The summed E-state index contributed by atoms with van der Waals surface area (Å²) in [6, 6.07) is 22.7. The smallest absolute Gasteiger partial charge is 0.200 e. The summed E-state index contributed by atoms with van der Waals surface area (Å²) in [6.45, 7) is 0.411. The molecule has 0 amide bonds. The molecule has 0 unspecified atom stereocenters. The number of hydrazone groups is 1. The molecule has 1 aliphatic rings. The number of fused-ring (bicyclic) bond motifs is 1. The van der Waals surface area contributed by atoms with E-state index in [1.54, 1.807) is 30.3 Å². The highest BCUT2D eigenvalue weighted by atomic mass is 32.2. The topological polar surface area (TPSA) is 49.7 Å². The first-order chi connectivity index (χ1) is 12.1. The standard InChI is InChI=1S/C20H18N2O2S/c23-25(24,19-9-2-1-3-10-19)22-14-6-11-20(21-22)18-13-12-16-7-4-5-8-17(16)15-18/h1-5,7-10,12-13,15H,6,11,14H2. The third kappa shape index (κ3) is 3.03. The van der Waals surface area contributed by atoms with Crippen LogP contribution in [0.4, 0.5) is 0 Å². The molecule has 4 nitrogen and oxygen atoms in total. The van der Waals surface area contributed by atoms with Crippen LogP contribution in [0.3, 0.4) is 0 Å². The lowest BCUT2D eigenvalue weighted by Gasteiger charge is -2.25. The zero-order valence-corrected chi connectivity index (χ0v) is 14.5. The van der Waals surface area contributed by atoms with Crippen LogP contribution in [0.5, 0.6) is 0 Å². The van der Waals surface area contributed by atoms with E-state index in [1.165, 1.54) is 4.41 Å². The molecule has 0 atom stereocenters. The molecule has 0 N–H and O–H groups in total. The van der Waals surface area contributed by atoms with Crippen LogP contribution >= 0.6 is 0 Å². The van der Waals surface area contributed by atoms with Crippen molar-refractivity contribution in [2.24, 2.45) is 5.10 Å². The van der Waals surface area contributed by atoms with Gasteiger partial charge < -0.3 is 0 Å². The number of hydrogen-bond donors (Lipinski definition) is 0. The van der Waals surface area contributed by atoms with Gasteiger partial charge in [-0.25, -0.2) is 0 Å². The molecule has 5 heteroatoms. The quantitative estimate of drug-likeness (QED) is 0.716. The summed E-state index contributed by atoms with van der Waals surface area (Å²) >= 11 is 0. The maximum atomic E-state index is 12.8. The van der Waals surface area contributed by atoms with Crippen molar-refractivity contribution in [1.82, 2.24) is 4.41 Å². The van der Waals surface area contributed by atoms with Crippen molar-refractivity contribution in [2.45, 2.75) is 17.7 Å². The lowest BCUT2D eigenvalue weighted by atomic mass is 10.0. The molecule has 3 aromatic carbocycles. The van der Waals surface area contributed by atoms with Gasteiger partial charge in [-0.3, -0.25) is 0 Å². The minimum atomic E-state index is -3.60. The Kier molecular flexibility index (Phi) is 4.01. The van der Waals surface area contributed by atoms with E-state index in [1.807, 2.05) is 18.2 Å². The van der Waals surface area contributed by atoms with Crippen molar-refractivity contribution >= 4 is 26.5 Å². The zero-order valence-electron chi connectivity index (χ0n) is 13.7. The van der Waals surface area contributed by atoms with Crippen LogP contribution in [0.15, 0.2) is 82.8 Å².